The van der Waals surface area contributed by atoms with Crippen molar-refractivity contribution in [2.24, 2.45) is 0 Å². The van der Waals surface area contributed by atoms with E-state index in [0.717, 1.165) is 17.5 Å². The van der Waals surface area contributed by atoms with Gasteiger partial charge < -0.3 is 5.73 Å². The van der Waals surface area contributed by atoms with Crippen LogP contribution < -0.4 is 5.73 Å². The summed E-state index contributed by atoms with van der Waals surface area (Å²) in [4.78, 5) is 0. The molecule has 0 aliphatic carbocycles. The van der Waals surface area contributed by atoms with Crippen LogP contribution in [-0.2, 0) is 6.42 Å². The minimum Gasteiger partial charge on any atom is -0.399 e. The number of nitrogen functional groups attached to an aromatic ring is 1. The van der Waals surface area contributed by atoms with Gasteiger partial charge in [0.05, 0.1) is 5.56 Å². The van der Waals surface area contributed by atoms with Gasteiger partial charge in [-0.1, -0.05) is 49.5 Å². The van der Waals surface area contributed by atoms with Crippen molar-refractivity contribution in [3.63, 3.8) is 0 Å². The van der Waals surface area contributed by atoms with Crippen molar-refractivity contribution in [2.45, 2.75) is 19.8 Å². The summed E-state index contributed by atoms with van der Waals surface area (Å²) in [5.41, 5.74) is 9.64. The van der Waals surface area contributed by atoms with Gasteiger partial charge in [-0.2, -0.15) is 0 Å². The first kappa shape index (κ1) is 17.7. The zero-order valence-electron chi connectivity index (χ0n) is 14.5. The molecule has 3 rings (SSSR count). The summed E-state index contributed by atoms with van der Waals surface area (Å²) in [7, 11) is 0. The second-order valence-corrected chi connectivity index (χ2v) is 6.13. The van der Waals surface area contributed by atoms with Gasteiger partial charge in [-0.25, -0.2) is 8.78 Å². The number of hydrogen-bond donors (Lipinski definition) is 1. The molecule has 0 spiro atoms. The predicted molar refractivity (Wildman–Crippen MR) is 103 cm³/mol. The van der Waals surface area contributed by atoms with Crippen molar-refractivity contribution in [1.29, 1.82) is 0 Å². The molecular weight excluding hydrogens is 328 g/mol. The first-order chi connectivity index (χ1) is 12.6. The van der Waals surface area contributed by atoms with Crippen LogP contribution in [0.3, 0.4) is 0 Å². The Morgan fingerprint density at radius 3 is 1.88 bits per heavy atom. The molecule has 0 aliphatic heterocycles. The van der Waals surface area contributed by atoms with Gasteiger partial charge in [0, 0.05) is 11.3 Å². The molecule has 3 aromatic rings. The summed E-state index contributed by atoms with van der Waals surface area (Å²) >= 11 is 0. The predicted octanol–water partition coefficient (Wildman–Crippen LogP) is 5.57. The molecule has 0 saturated carbocycles. The molecule has 2 N–H and O–H groups in total. The van der Waals surface area contributed by atoms with Crippen LogP contribution in [0.2, 0.25) is 0 Å². The summed E-state index contributed by atoms with van der Waals surface area (Å²) in [6, 6.07) is 17.8. The van der Waals surface area contributed by atoms with Crippen LogP contribution in [0, 0.1) is 23.5 Å². The lowest BCUT2D eigenvalue weighted by atomic mass is 10.0. The zero-order chi connectivity index (χ0) is 18.5. The summed E-state index contributed by atoms with van der Waals surface area (Å²) in [6.07, 6.45) is 1.48. The molecular formula is C23H19F2N. The van der Waals surface area contributed by atoms with Crippen LogP contribution in [0.15, 0.2) is 60.7 Å². The van der Waals surface area contributed by atoms with E-state index in [1.165, 1.54) is 12.1 Å². The molecule has 26 heavy (non-hydrogen) atoms. The van der Waals surface area contributed by atoms with Crippen molar-refractivity contribution >= 4 is 5.69 Å². The molecule has 0 aromatic heterocycles. The number of benzene rings is 3. The van der Waals surface area contributed by atoms with E-state index in [9.17, 15) is 8.78 Å². The molecule has 0 saturated heterocycles. The highest BCUT2D eigenvalue weighted by Gasteiger charge is 2.08. The number of aryl methyl sites for hydroxylation is 1. The summed E-state index contributed by atoms with van der Waals surface area (Å²) in [5, 5.41) is 0. The lowest BCUT2D eigenvalue weighted by Crippen LogP contribution is -1.94. The first-order valence-corrected chi connectivity index (χ1v) is 8.52. The Labute approximate surface area is 152 Å². The Balaban J connectivity index is 1.83. The summed E-state index contributed by atoms with van der Waals surface area (Å²) in [5.74, 6) is 4.23. The van der Waals surface area contributed by atoms with E-state index in [4.69, 9.17) is 5.73 Å². The molecule has 1 nitrogen and oxygen atoms in total. The highest BCUT2D eigenvalue weighted by molar-refractivity contribution is 5.66. The normalized spacial score (nSPS) is 10.3. The highest BCUT2D eigenvalue weighted by atomic mass is 19.1. The highest BCUT2D eigenvalue weighted by Crippen LogP contribution is 2.21. The lowest BCUT2D eigenvalue weighted by Gasteiger charge is -2.03. The first-order valence-electron chi connectivity index (χ1n) is 8.52. The van der Waals surface area contributed by atoms with Crippen molar-refractivity contribution in [3.05, 3.63) is 89.0 Å². The van der Waals surface area contributed by atoms with Crippen molar-refractivity contribution in [2.75, 3.05) is 5.73 Å². The van der Waals surface area contributed by atoms with Crippen molar-refractivity contribution < 1.29 is 8.78 Å². The molecule has 0 amide bonds. The molecule has 0 unspecified atom stereocenters. The quantitative estimate of drug-likeness (QED) is 0.487. The second-order valence-electron chi connectivity index (χ2n) is 6.13. The SMILES string of the molecule is CCCc1cc(F)c(C#Cc2ccc(-c3ccc(N)cc3)cc2)c(F)c1. The molecule has 0 atom stereocenters. The van der Waals surface area contributed by atoms with Gasteiger partial charge in [0.2, 0.25) is 0 Å². The van der Waals surface area contributed by atoms with E-state index in [-0.39, 0.29) is 5.56 Å². The lowest BCUT2D eigenvalue weighted by molar-refractivity contribution is 0.573. The van der Waals surface area contributed by atoms with E-state index in [2.05, 4.69) is 11.8 Å². The minimum absolute atomic E-state index is 0.188. The maximum atomic E-state index is 14.1. The fourth-order valence-electron chi connectivity index (χ4n) is 2.73. The third-order valence-electron chi connectivity index (χ3n) is 4.10. The number of halogens is 2. The molecule has 130 valence electrons. The standard InChI is InChI=1S/C23H19F2N/c1-2-3-17-14-22(24)21(23(25)15-17)13-6-16-4-7-18(8-5-16)19-9-11-20(26)12-10-19/h4-5,7-12,14-15H,2-3,26H2,1H3. The monoisotopic (exact) mass is 347 g/mol. The van der Waals surface area contributed by atoms with Crippen LogP contribution >= 0.6 is 0 Å². The minimum atomic E-state index is -0.612. The fraction of sp³-hybridized carbons (Fsp3) is 0.130. The topological polar surface area (TPSA) is 26.0 Å². The van der Waals surface area contributed by atoms with Crippen LogP contribution in [0.4, 0.5) is 14.5 Å². The number of hydrogen-bond acceptors (Lipinski definition) is 1. The molecule has 0 heterocycles. The van der Waals surface area contributed by atoms with E-state index in [0.29, 0.717) is 23.2 Å². The number of anilines is 1. The van der Waals surface area contributed by atoms with Crippen LogP contribution in [0.25, 0.3) is 11.1 Å². The molecule has 0 radical (unpaired) electrons. The average Bonchev–Trinajstić information content (AvgIpc) is 2.62. The van der Waals surface area contributed by atoms with Gasteiger partial charge in [-0.05, 0) is 59.5 Å². The van der Waals surface area contributed by atoms with Gasteiger partial charge in [0.15, 0.2) is 0 Å². The average molecular weight is 347 g/mol. The largest absolute Gasteiger partial charge is 0.399 e. The Hall–Kier alpha value is -3.12. The third-order valence-corrected chi connectivity index (χ3v) is 4.10. The summed E-state index contributed by atoms with van der Waals surface area (Å²) in [6.45, 7) is 1.97. The van der Waals surface area contributed by atoms with Gasteiger partial charge in [0.25, 0.3) is 0 Å². The van der Waals surface area contributed by atoms with Crippen molar-refractivity contribution in [1.82, 2.24) is 0 Å². The Morgan fingerprint density at radius 2 is 1.35 bits per heavy atom. The molecule has 0 bridgehead atoms. The van der Waals surface area contributed by atoms with Crippen LogP contribution in [0.5, 0.6) is 0 Å². The molecule has 0 aliphatic rings. The third kappa shape index (κ3) is 4.10. The molecule has 3 heteroatoms. The van der Waals surface area contributed by atoms with E-state index >= 15 is 0 Å². The Kier molecular flexibility index (Phi) is 5.34. The fourth-order valence-corrected chi connectivity index (χ4v) is 2.73. The molecule has 0 fully saturated rings. The Bertz CT molecular complexity index is 939. The van der Waals surface area contributed by atoms with E-state index < -0.39 is 11.6 Å². The van der Waals surface area contributed by atoms with Gasteiger partial charge >= 0.3 is 0 Å². The smallest absolute Gasteiger partial charge is 0.142 e. The second kappa shape index (κ2) is 7.84. The van der Waals surface area contributed by atoms with E-state index in [1.54, 1.807) is 0 Å². The van der Waals surface area contributed by atoms with Crippen LogP contribution in [0.1, 0.15) is 30.0 Å². The maximum absolute atomic E-state index is 14.1. The summed E-state index contributed by atoms with van der Waals surface area (Å²) < 4.78 is 28.2. The van der Waals surface area contributed by atoms with E-state index in [1.807, 2.05) is 55.5 Å². The van der Waals surface area contributed by atoms with Crippen LogP contribution in [-0.4, -0.2) is 0 Å². The van der Waals surface area contributed by atoms with Gasteiger partial charge in [-0.15, -0.1) is 0 Å². The maximum Gasteiger partial charge on any atom is 0.142 e. The van der Waals surface area contributed by atoms with Crippen molar-refractivity contribution in [3.8, 4) is 23.0 Å². The number of rotatable bonds is 3. The Morgan fingerprint density at radius 1 is 0.808 bits per heavy atom. The van der Waals surface area contributed by atoms with Gasteiger partial charge in [-0.3, -0.25) is 0 Å². The number of nitrogens with two attached hydrogens (primary N) is 1. The molecule has 3 aromatic carbocycles. The van der Waals surface area contributed by atoms with Gasteiger partial charge in [0.1, 0.15) is 11.6 Å². The zero-order valence-corrected chi connectivity index (χ0v) is 14.5.